The quantitative estimate of drug-likeness (QED) is 0.537. The third-order valence-corrected chi connectivity index (χ3v) is 4.67. The van der Waals surface area contributed by atoms with E-state index in [1.54, 1.807) is 0 Å². The summed E-state index contributed by atoms with van der Waals surface area (Å²) in [5.41, 5.74) is 12.1. The van der Waals surface area contributed by atoms with Gasteiger partial charge in [-0.2, -0.15) is 0 Å². The van der Waals surface area contributed by atoms with Crippen molar-refractivity contribution in [3.8, 4) is 0 Å². The van der Waals surface area contributed by atoms with Crippen molar-refractivity contribution in [2.45, 2.75) is 36.5 Å². The van der Waals surface area contributed by atoms with Gasteiger partial charge >= 0.3 is 0 Å². The summed E-state index contributed by atoms with van der Waals surface area (Å²) in [7, 11) is -2.94. The Labute approximate surface area is 89.4 Å². The second-order valence-corrected chi connectivity index (χ2v) is 6.62. The third kappa shape index (κ3) is 3.37. The van der Waals surface area contributed by atoms with Crippen LogP contribution in [0.4, 0.5) is 0 Å². The van der Waals surface area contributed by atoms with Crippen molar-refractivity contribution in [1.29, 1.82) is 5.53 Å². The van der Waals surface area contributed by atoms with Crippen LogP contribution in [0.25, 0.3) is 0 Å². The van der Waals surface area contributed by atoms with E-state index < -0.39 is 15.4 Å². The summed E-state index contributed by atoms with van der Waals surface area (Å²) >= 11 is 0. The molecule has 0 spiro atoms. The van der Waals surface area contributed by atoms with Gasteiger partial charge in [0.05, 0.1) is 5.25 Å². The first-order valence-electron chi connectivity index (χ1n) is 4.88. The molecule has 1 aliphatic carbocycles. The summed E-state index contributed by atoms with van der Waals surface area (Å²) in [6.07, 6.45) is 3.70. The minimum Gasteiger partial charge on any atom is -0.323 e. The molecule has 3 N–H and O–H groups in total. The molecule has 86 valence electrons. The molecule has 1 rings (SSSR count). The SMILES string of the molecule is CS(=O)(=O)C1CCC(N)(CN=[N+]=N)CC1. The van der Waals surface area contributed by atoms with Crippen molar-refractivity contribution in [1.82, 2.24) is 4.91 Å². The zero-order valence-electron chi connectivity index (χ0n) is 8.81. The Hall–Kier alpha value is -0.780. The first-order chi connectivity index (χ1) is 6.87. The molecule has 15 heavy (non-hydrogen) atoms. The van der Waals surface area contributed by atoms with Crippen LogP contribution in [0.1, 0.15) is 25.7 Å². The van der Waals surface area contributed by atoms with Gasteiger partial charge in [0.15, 0.2) is 0 Å². The van der Waals surface area contributed by atoms with Gasteiger partial charge in [-0.15, -0.1) is 0 Å². The number of hydrogen-bond acceptors (Lipinski definition) is 5. The molecule has 1 fully saturated rings. The molecule has 0 amide bonds. The first-order valence-corrected chi connectivity index (χ1v) is 6.84. The minimum atomic E-state index is -2.94. The molecule has 0 bridgehead atoms. The van der Waals surface area contributed by atoms with Crippen LogP contribution in [-0.2, 0) is 9.84 Å². The molecule has 1 aliphatic rings. The Morgan fingerprint density at radius 1 is 1.53 bits per heavy atom. The second kappa shape index (κ2) is 4.38. The van der Waals surface area contributed by atoms with Gasteiger partial charge in [-0.1, -0.05) is 0 Å². The number of nitrogens with one attached hydrogen (secondary N) is 1. The highest BCUT2D eigenvalue weighted by atomic mass is 32.2. The predicted octanol–water partition coefficient (Wildman–Crippen LogP) is 0.221. The van der Waals surface area contributed by atoms with E-state index in [9.17, 15) is 8.42 Å². The fourth-order valence-electron chi connectivity index (χ4n) is 1.93. The normalized spacial score (nSPS) is 32.0. The van der Waals surface area contributed by atoms with Crippen molar-refractivity contribution in [3.63, 3.8) is 0 Å². The van der Waals surface area contributed by atoms with Crippen molar-refractivity contribution in [2.75, 3.05) is 12.8 Å². The predicted molar refractivity (Wildman–Crippen MR) is 56.2 cm³/mol. The first kappa shape index (κ1) is 12.3. The van der Waals surface area contributed by atoms with Crippen LogP contribution in [0.3, 0.4) is 0 Å². The van der Waals surface area contributed by atoms with Crippen LogP contribution in [-0.4, -0.2) is 32.0 Å². The minimum absolute atomic E-state index is 0.262. The maximum absolute atomic E-state index is 11.3. The Balaban J connectivity index is 2.58. The van der Waals surface area contributed by atoms with E-state index in [1.807, 2.05) is 0 Å². The Morgan fingerprint density at radius 2 is 2.07 bits per heavy atom. The van der Waals surface area contributed by atoms with Gasteiger partial charge in [0.1, 0.15) is 27.0 Å². The summed E-state index contributed by atoms with van der Waals surface area (Å²) in [5.74, 6) is 0. The number of nitrogens with two attached hydrogens (primary N) is 1. The van der Waals surface area contributed by atoms with Gasteiger partial charge in [0, 0.05) is 11.8 Å². The number of nitrogens with zero attached hydrogens (tertiary/aromatic N) is 2. The zero-order valence-corrected chi connectivity index (χ0v) is 9.63. The highest BCUT2D eigenvalue weighted by molar-refractivity contribution is 7.91. The smallest absolute Gasteiger partial charge is 0.214 e. The van der Waals surface area contributed by atoms with Gasteiger partial charge in [-0.25, -0.2) is 8.42 Å². The molecule has 0 radical (unpaired) electrons. The van der Waals surface area contributed by atoms with E-state index in [4.69, 9.17) is 11.3 Å². The van der Waals surface area contributed by atoms with Gasteiger partial charge < -0.3 is 5.73 Å². The number of hydrogen-bond donors (Lipinski definition) is 2. The average molecular weight is 233 g/mol. The molecule has 0 unspecified atom stereocenters. The summed E-state index contributed by atoms with van der Waals surface area (Å²) in [6.45, 7) is 0.312. The van der Waals surface area contributed by atoms with E-state index in [0.29, 0.717) is 32.2 Å². The van der Waals surface area contributed by atoms with E-state index in [2.05, 4.69) is 10.0 Å². The fraction of sp³-hybridized carbons (Fsp3) is 1.00. The third-order valence-electron chi connectivity index (χ3n) is 2.99. The van der Waals surface area contributed by atoms with E-state index in [0.717, 1.165) is 0 Å². The molecular weight excluding hydrogens is 216 g/mol. The maximum atomic E-state index is 11.3. The second-order valence-electron chi connectivity index (χ2n) is 4.29. The largest absolute Gasteiger partial charge is 0.323 e. The fourth-order valence-corrected chi connectivity index (χ4v) is 3.02. The van der Waals surface area contributed by atoms with Crippen molar-refractivity contribution in [3.05, 3.63) is 0 Å². The average Bonchev–Trinajstić information content (AvgIpc) is 2.14. The number of sulfone groups is 1. The Kier molecular flexibility index (Phi) is 3.59. The topological polar surface area (TPSA) is 110 Å². The number of rotatable bonds is 3. The summed E-state index contributed by atoms with van der Waals surface area (Å²) < 4.78 is 22.6. The van der Waals surface area contributed by atoms with Crippen LogP contribution in [0.2, 0.25) is 0 Å². The summed E-state index contributed by atoms with van der Waals surface area (Å²) in [4.78, 5) is 2.92. The van der Waals surface area contributed by atoms with E-state index in [-0.39, 0.29) is 5.25 Å². The molecule has 7 heteroatoms. The van der Waals surface area contributed by atoms with E-state index >= 15 is 0 Å². The van der Waals surface area contributed by atoms with Crippen molar-refractivity contribution >= 4 is 9.84 Å². The molecule has 1 saturated carbocycles. The lowest BCUT2D eigenvalue weighted by Gasteiger charge is -2.33. The molecular formula is C8H17N4O2S+. The lowest BCUT2D eigenvalue weighted by molar-refractivity contribution is 0.301. The van der Waals surface area contributed by atoms with Crippen LogP contribution >= 0.6 is 0 Å². The summed E-state index contributed by atoms with van der Waals surface area (Å²) in [5, 5.41) is 3.31. The van der Waals surface area contributed by atoms with Crippen LogP contribution in [0, 0.1) is 5.53 Å². The Bertz CT molecular complexity index is 364. The molecule has 0 saturated heterocycles. The Morgan fingerprint density at radius 3 is 2.47 bits per heavy atom. The molecule has 0 aromatic heterocycles. The van der Waals surface area contributed by atoms with E-state index in [1.165, 1.54) is 6.26 Å². The van der Waals surface area contributed by atoms with Gasteiger partial charge in [0.25, 0.3) is 0 Å². The van der Waals surface area contributed by atoms with Crippen molar-refractivity contribution in [2.24, 2.45) is 10.8 Å². The maximum Gasteiger partial charge on any atom is 0.214 e. The lowest BCUT2D eigenvalue weighted by Crippen LogP contribution is -2.48. The molecule has 6 nitrogen and oxygen atoms in total. The molecule has 0 atom stereocenters. The van der Waals surface area contributed by atoms with Crippen LogP contribution in [0.5, 0.6) is 0 Å². The van der Waals surface area contributed by atoms with Crippen LogP contribution in [0.15, 0.2) is 5.11 Å². The van der Waals surface area contributed by atoms with Gasteiger partial charge in [-0.3, -0.25) is 0 Å². The monoisotopic (exact) mass is 233 g/mol. The summed E-state index contributed by atoms with van der Waals surface area (Å²) in [6, 6.07) is 0. The highest BCUT2D eigenvalue weighted by Gasteiger charge is 2.36. The lowest BCUT2D eigenvalue weighted by atomic mass is 9.82. The van der Waals surface area contributed by atoms with Gasteiger partial charge in [0.2, 0.25) is 4.91 Å². The highest BCUT2D eigenvalue weighted by Crippen LogP contribution is 2.29. The standard InChI is InChI=1S/C8H17N4O2S/c1-15(13,14)7-2-4-8(9,5-3-7)6-11-12-10/h7,10H,2-6,9H2,1H3/q+1. The molecule has 0 aliphatic heterocycles. The molecule has 0 heterocycles. The van der Waals surface area contributed by atoms with Crippen LogP contribution < -0.4 is 10.6 Å². The van der Waals surface area contributed by atoms with Gasteiger partial charge in [-0.05, 0) is 25.7 Å². The zero-order chi connectivity index (χ0) is 11.5. The molecule has 0 aromatic rings. The van der Waals surface area contributed by atoms with Crippen molar-refractivity contribution < 1.29 is 8.42 Å². The molecule has 0 aromatic carbocycles.